The highest BCUT2D eigenvalue weighted by atomic mass is 16.3. The molecule has 0 aliphatic carbocycles. The SMILES string of the molecule is Cc1c(C(=O)N2CC[C@@H](O)C2)oc2c1ccc1ccccc12. The number of amides is 1. The van der Waals surface area contributed by atoms with Crippen molar-refractivity contribution in [1.82, 2.24) is 4.90 Å². The molecule has 1 aromatic heterocycles. The van der Waals surface area contributed by atoms with E-state index in [1.165, 1.54) is 0 Å². The highest BCUT2D eigenvalue weighted by molar-refractivity contribution is 6.08. The highest BCUT2D eigenvalue weighted by Crippen LogP contribution is 2.32. The molecule has 112 valence electrons. The Bertz CT molecular complexity index is 881. The minimum absolute atomic E-state index is 0.130. The summed E-state index contributed by atoms with van der Waals surface area (Å²) in [5, 5.41) is 12.7. The third kappa shape index (κ3) is 1.91. The second-order valence-electron chi connectivity index (χ2n) is 5.91. The summed E-state index contributed by atoms with van der Waals surface area (Å²) in [6, 6.07) is 12.1. The van der Waals surface area contributed by atoms with Crippen molar-refractivity contribution in [2.45, 2.75) is 19.4 Å². The van der Waals surface area contributed by atoms with E-state index >= 15 is 0 Å². The van der Waals surface area contributed by atoms with Crippen LogP contribution in [0, 0.1) is 6.92 Å². The van der Waals surface area contributed by atoms with Gasteiger partial charge in [-0.15, -0.1) is 0 Å². The van der Waals surface area contributed by atoms with E-state index < -0.39 is 6.10 Å². The zero-order chi connectivity index (χ0) is 15.3. The zero-order valence-electron chi connectivity index (χ0n) is 12.4. The second kappa shape index (κ2) is 4.85. The van der Waals surface area contributed by atoms with Crippen LogP contribution >= 0.6 is 0 Å². The second-order valence-corrected chi connectivity index (χ2v) is 5.91. The van der Waals surface area contributed by atoms with Gasteiger partial charge >= 0.3 is 0 Å². The number of benzene rings is 2. The molecule has 1 aliphatic rings. The Labute approximate surface area is 127 Å². The fourth-order valence-electron chi connectivity index (χ4n) is 3.22. The lowest BCUT2D eigenvalue weighted by Crippen LogP contribution is -2.29. The lowest BCUT2D eigenvalue weighted by atomic mass is 10.1. The molecule has 1 saturated heterocycles. The first-order valence-electron chi connectivity index (χ1n) is 7.53. The van der Waals surface area contributed by atoms with Crippen LogP contribution in [0.15, 0.2) is 40.8 Å². The molecule has 3 aromatic rings. The maximum atomic E-state index is 12.6. The molecule has 0 spiro atoms. The Morgan fingerprint density at radius 2 is 2.05 bits per heavy atom. The van der Waals surface area contributed by atoms with E-state index in [1.807, 2.05) is 43.3 Å². The Morgan fingerprint density at radius 1 is 1.23 bits per heavy atom. The number of aliphatic hydroxyl groups excluding tert-OH is 1. The van der Waals surface area contributed by atoms with Crippen molar-refractivity contribution >= 4 is 27.6 Å². The molecule has 1 amide bonds. The zero-order valence-corrected chi connectivity index (χ0v) is 12.4. The molecule has 4 heteroatoms. The minimum Gasteiger partial charge on any atom is -0.450 e. The van der Waals surface area contributed by atoms with Gasteiger partial charge in [-0.05, 0) is 18.7 Å². The molecule has 0 radical (unpaired) electrons. The maximum absolute atomic E-state index is 12.6. The van der Waals surface area contributed by atoms with Gasteiger partial charge in [0, 0.05) is 29.4 Å². The number of β-amino-alcohol motifs (C(OH)–C–C–N with tert-alkyl or cyclic N) is 1. The molecule has 0 unspecified atom stereocenters. The molecule has 2 heterocycles. The Balaban J connectivity index is 1.87. The number of furan rings is 1. The Morgan fingerprint density at radius 3 is 2.82 bits per heavy atom. The molecule has 1 aliphatic heterocycles. The van der Waals surface area contributed by atoms with Gasteiger partial charge in [-0.25, -0.2) is 0 Å². The summed E-state index contributed by atoms with van der Waals surface area (Å²) in [5.41, 5.74) is 1.63. The van der Waals surface area contributed by atoms with Gasteiger partial charge in [0.15, 0.2) is 5.76 Å². The molecule has 4 rings (SSSR count). The van der Waals surface area contributed by atoms with Gasteiger partial charge in [0.2, 0.25) is 0 Å². The molecule has 0 bridgehead atoms. The third-order valence-electron chi connectivity index (χ3n) is 4.47. The summed E-state index contributed by atoms with van der Waals surface area (Å²) < 4.78 is 5.95. The monoisotopic (exact) mass is 295 g/mol. The molecule has 1 N–H and O–H groups in total. The molecular weight excluding hydrogens is 278 g/mol. The molecule has 4 nitrogen and oxygen atoms in total. The molecular formula is C18H17NO3. The summed E-state index contributed by atoms with van der Waals surface area (Å²) in [7, 11) is 0. The number of fused-ring (bicyclic) bond motifs is 3. The van der Waals surface area contributed by atoms with Gasteiger partial charge in [-0.3, -0.25) is 4.79 Å². The average Bonchev–Trinajstić information content (AvgIpc) is 3.11. The van der Waals surface area contributed by atoms with E-state index in [4.69, 9.17) is 4.42 Å². The normalized spacial score (nSPS) is 18.5. The van der Waals surface area contributed by atoms with Crippen molar-refractivity contribution in [3.05, 3.63) is 47.7 Å². The fraction of sp³-hybridized carbons (Fsp3) is 0.278. The topological polar surface area (TPSA) is 53.7 Å². The minimum atomic E-state index is -0.422. The molecule has 1 fully saturated rings. The van der Waals surface area contributed by atoms with Crippen LogP contribution < -0.4 is 0 Å². The third-order valence-corrected chi connectivity index (χ3v) is 4.47. The van der Waals surface area contributed by atoms with Gasteiger partial charge in [-0.2, -0.15) is 0 Å². The van der Waals surface area contributed by atoms with Crippen LogP contribution in [-0.4, -0.2) is 35.1 Å². The first kappa shape index (κ1) is 13.3. The van der Waals surface area contributed by atoms with E-state index in [0.717, 1.165) is 27.3 Å². The molecule has 1 atom stereocenters. The van der Waals surface area contributed by atoms with E-state index in [1.54, 1.807) is 4.90 Å². The summed E-state index contributed by atoms with van der Waals surface area (Å²) in [5.74, 6) is 0.259. The molecule has 2 aromatic carbocycles. The van der Waals surface area contributed by atoms with Gasteiger partial charge in [0.25, 0.3) is 5.91 Å². The largest absolute Gasteiger partial charge is 0.450 e. The van der Waals surface area contributed by atoms with Crippen LogP contribution in [0.25, 0.3) is 21.7 Å². The summed E-state index contributed by atoms with van der Waals surface area (Å²) >= 11 is 0. The maximum Gasteiger partial charge on any atom is 0.289 e. The Kier molecular flexibility index (Phi) is 2.94. The van der Waals surface area contributed by atoms with Crippen LogP contribution in [0.4, 0.5) is 0 Å². The van der Waals surface area contributed by atoms with Gasteiger partial charge in [0.05, 0.1) is 6.10 Å². The predicted octanol–water partition coefficient (Wildman–Crippen LogP) is 3.10. The Hall–Kier alpha value is -2.33. The smallest absolute Gasteiger partial charge is 0.289 e. The van der Waals surface area contributed by atoms with Crippen molar-refractivity contribution in [3.63, 3.8) is 0 Å². The predicted molar refractivity (Wildman–Crippen MR) is 85.0 cm³/mol. The van der Waals surface area contributed by atoms with Crippen LogP contribution in [0.5, 0.6) is 0 Å². The highest BCUT2D eigenvalue weighted by Gasteiger charge is 2.29. The number of carbonyl (C=O) groups is 1. The molecule has 22 heavy (non-hydrogen) atoms. The first-order valence-corrected chi connectivity index (χ1v) is 7.53. The van der Waals surface area contributed by atoms with Crippen molar-refractivity contribution in [2.75, 3.05) is 13.1 Å². The van der Waals surface area contributed by atoms with Crippen LogP contribution in [-0.2, 0) is 0 Å². The fourth-order valence-corrected chi connectivity index (χ4v) is 3.22. The standard InChI is InChI=1S/C18H17NO3/c1-11-14-7-6-12-4-2-3-5-15(12)17(14)22-16(11)18(21)19-9-8-13(20)10-19/h2-7,13,20H,8-10H2,1H3/t13-/m1/s1. The van der Waals surface area contributed by atoms with Crippen molar-refractivity contribution in [1.29, 1.82) is 0 Å². The average molecular weight is 295 g/mol. The first-order chi connectivity index (χ1) is 10.6. The number of aliphatic hydroxyl groups is 1. The number of aryl methyl sites for hydroxylation is 1. The van der Waals surface area contributed by atoms with Crippen molar-refractivity contribution in [2.24, 2.45) is 0 Å². The van der Waals surface area contributed by atoms with Gasteiger partial charge in [0.1, 0.15) is 5.58 Å². The van der Waals surface area contributed by atoms with Gasteiger partial charge < -0.3 is 14.4 Å². The molecule has 0 saturated carbocycles. The van der Waals surface area contributed by atoms with E-state index in [-0.39, 0.29) is 5.91 Å². The summed E-state index contributed by atoms with van der Waals surface area (Å²) in [4.78, 5) is 14.3. The van der Waals surface area contributed by atoms with E-state index in [2.05, 4.69) is 0 Å². The number of likely N-dealkylation sites (tertiary alicyclic amines) is 1. The van der Waals surface area contributed by atoms with E-state index in [9.17, 15) is 9.90 Å². The summed E-state index contributed by atoms with van der Waals surface area (Å²) in [6.07, 6.45) is 0.211. The lowest BCUT2D eigenvalue weighted by Gasteiger charge is -2.13. The number of hydrogen-bond donors (Lipinski definition) is 1. The van der Waals surface area contributed by atoms with E-state index in [0.29, 0.717) is 25.3 Å². The number of rotatable bonds is 1. The number of hydrogen-bond acceptors (Lipinski definition) is 3. The van der Waals surface area contributed by atoms with Crippen LogP contribution in [0.3, 0.4) is 0 Å². The van der Waals surface area contributed by atoms with Crippen LogP contribution in [0.2, 0.25) is 0 Å². The van der Waals surface area contributed by atoms with Crippen molar-refractivity contribution in [3.8, 4) is 0 Å². The number of nitrogens with zero attached hydrogens (tertiary/aromatic N) is 1. The van der Waals surface area contributed by atoms with Crippen molar-refractivity contribution < 1.29 is 14.3 Å². The van der Waals surface area contributed by atoms with Gasteiger partial charge in [-0.1, -0.05) is 36.4 Å². The quantitative estimate of drug-likeness (QED) is 0.750. The lowest BCUT2D eigenvalue weighted by molar-refractivity contribution is 0.0735. The summed E-state index contributed by atoms with van der Waals surface area (Å²) in [6.45, 7) is 2.88. The number of carbonyl (C=O) groups excluding carboxylic acids is 1. The van der Waals surface area contributed by atoms with Crippen LogP contribution in [0.1, 0.15) is 22.5 Å².